The Labute approximate surface area is 211 Å². The molecule has 3 heteroatoms. The summed E-state index contributed by atoms with van der Waals surface area (Å²) in [6.07, 6.45) is 8.44. The maximum absolute atomic E-state index is 14.3. The van der Waals surface area contributed by atoms with Crippen LogP contribution in [0.1, 0.15) is 64.5 Å². The summed E-state index contributed by atoms with van der Waals surface area (Å²) < 4.78 is 12.5. The average molecular weight is 473 g/mol. The van der Waals surface area contributed by atoms with E-state index in [0.29, 0.717) is 18.1 Å². The summed E-state index contributed by atoms with van der Waals surface area (Å²) in [5, 5.41) is 0. The number of carbonyl (C=O) groups is 1. The number of esters is 1. The Bertz CT molecular complexity index is 1070. The zero-order chi connectivity index (χ0) is 25.1. The molecule has 1 fully saturated rings. The Kier molecular flexibility index (Phi) is 7.54. The molecule has 0 saturated heterocycles. The maximum Gasteiger partial charge on any atom is 0.324 e. The Morgan fingerprint density at radius 2 is 1.66 bits per heavy atom. The monoisotopic (exact) mass is 472 g/mol. The molecular weight excluding hydrogens is 432 g/mol. The highest BCUT2D eigenvalue weighted by Gasteiger charge is 2.50. The van der Waals surface area contributed by atoms with Gasteiger partial charge in [0.25, 0.3) is 0 Å². The molecule has 2 aromatic carbocycles. The Morgan fingerprint density at radius 1 is 1.00 bits per heavy atom. The van der Waals surface area contributed by atoms with Gasteiger partial charge in [0.05, 0.1) is 7.11 Å². The topological polar surface area (TPSA) is 35.5 Å². The van der Waals surface area contributed by atoms with Gasteiger partial charge in [0.1, 0.15) is 17.3 Å². The van der Waals surface area contributed by atoms with Gasteiger partial charge in [-0.15, -0.1) is 0 Å². The quantitative estimate of drug-likeness (QED) is 0.311. The molecule has 35 heavy (non-hydrogen) atoms. The molecule has 4 rings (SSSR count). The highest BCUT2D eigenvalue weighted by molar-refractivity contribution is 5.85. The molecule has 0 radical (unpaired) electrons. The minimum absolute atomic E-state index is 0.101. The van der Waals surface area contributed by atoms with Gasteiger partial charge in [-0.3, -0.25) is 4.79 Å². The van der Waals surface area contributed by atoms with E-state index < -0.39 is 5.41 Å². The third kappa shape index (κ3) is 4.96. The molecule has 0 spiro atoms. The number of carbonyl (C=O) groups excluding carboxylic acids is 1. The van der Waals surface area contributed by atoms with Crippen molar-refractivity contribution in [2.45, 2.75) is 71.3 Å². The first-order valence-electron chi connectivity index (χ1n) is 13.0. The summed E-state index contributed by atoms with van der Waals surface area (Å²) in [5.41, 5.74) is 2.37. The smallest absolute Gasteiger partial charge is 0.324 e. The predicted octanol–water partition coefficient (Wildman–Crippen LogP) is 7.42. The summed E-state index contributed by atoms with van der Waals surface area (Å²) >= 11 is 0. The molecule has 0 N–H and O–H groups in total. The van der Waals surface area contributed by atoms with E-state index in [4.69, 9.17) is 9.47 Å². The van der Waals surface area contributed by atoms with Gasteiger partial charge in [-0.1, -0.05) is 99.5 Å². The van der Waals surface area contributed by atoms with Crippen LogP contribution in [-0.2, 0) is 26.1 Å². The van der Waals surface area contributed by atoms with Crippen molar-refractivity contribution in [1.29, 1.82) is 0 Å². The number of hydrogen-bond donors (Lipinski definition) is 0. The van der Waals surface area contributed by atoms with Crippen molar-refractivity contribution >= 4 is 5.97 Å². The lowest BCUT2D eigenvalue weighted by molar-refractivity contribution is -0.166. The lowest BCUT2D eigenvalue weighted by atomic mass is 9.64. The van der Waals surface area contributed by atoms with Crippen molar-refractivity contribution in [2.75, 3.05) is 7.11 Å². The van der Waals surface area contributed by atoms with Crippen molar-refractivity contribution in [3.05, 3.63) is 95.3 Å². The lowest BCUT2D eigenvalue weighted by Gasteiger charge is -2.45. The fourth-order valence-electron chi connectivity index (χ4n) is 6.21. The van der Waals surface area contributed by atoms with Gasteiger partial charge in [-0.25, -0.2) is 0 Å². The Morgan fingerprint density at radius 3 is 2.31 bits per heavy atom. The van der Waals surface area contributed by atoms with Gasteiger partial charge in [0.15, 0.2) is 0 Å². The number of benzene rings is 2. The molecule has 186 valence electrons. The molecule has 1 unspecified atom stereocenters. The van der Waals surface area contributed by atoms with E-state index in [9.17, 15) is 4.79 Å². The maximum atomic E-state index is 14.3. The second-order valence-electron chi connectivity index (χ2n) is 11.0. The van der Waals surface area contributed by atoms with E-state index in [2.05, 4.69) is 69.3 Å². The molecule has 1 saturated carbocycles. The largest absolute Gasteiger partial charge is 0.500 e. The highest BCUT2D eigenvalue weighted by atomic mass is 16.5. The van der Waals surface area contributed by atoms with E-state index in [1.807, 2.05) is 31.2 Å². The zero-order valence-corrected chi connectivity index (χ0v) is 21.9. The summed E-state index contributed by atoms with van der Waals surface area (Å²) in [6.45, 7) is 8.93. The third-order valence-electron chi connectivity index (χ3n) is 8.46. The Hall–Kier alpha value is -2.81. The molecule has 2 aliphatic carbocycles. The van der Waals surface area contributed by atoms with E-state index in [1.54, 1.807) is 7.11 Å². The number of hydrogen-bond acceptors (Lipinski definition) is 3. The summed E-state index contributed by atoms with van der Waals surface area (Å²) in [5.74, 6) is 1.30. The van der Waals surface area contributed by atoms with Crippen LogP contribution < -0.4 is 0 Å². The summed E-state index contributed by atoms with van der Waals surface area (Å²) in [6, 6.07) is 20.9. The van der Waals surface area contributed by atoms with Crippen LogP contribution >= 0.6 is 0 Å². The molecule has 2 aromatic rings. The Balaban J connectivity index is 1.69. The van der Waals surface area contributed by atoms with Gasteiger partial charge in [-0.05, 0) is 61.1 Å². The van der Waals surface area contributed by atoms with Crippen LogP contribution in [-0.4, -0.2) is 19.2 Å². The minimum Gasteiger partial charge on any atom is -0.500 e. The van der Waals surface area contributed by atoms with Crippen LogP contribution in [0.4, 0.5) is 0 Å². The van der Waals surface area contributed by atoms with Crippen LogP contribution in [0, 0.1) is 17.3 Å². The normalized spacial score (nSPS) is 26.9. The molecule has 0 aromatic heterocycles. The SMILES string of the molecule is COC1=CCC=C(C)C1(Cc1ccccc1)C(=O)O[C@@H]1C[C@H](C)CC[C@H]1C(C)(C)c1ccccc1. The number of allylic oxidation sites excluding steroid dienone is 2. The first kappa shape index (κ1) is 25.3. The molecular formula is C32H40O3. The molecule has 0 bridgehead atoms. The van der Waals surface area contributed by atoms with Crippen LogP contribution in [0.5, 0.6) is 0 Å². The zero-order valence-electron chi connectivity index (χ0n) is 21.9. The molecule has 0 heterocycles. The van der Waals surface area contributed by atoms with Crippen molar-refractivity contribution in [3.63, 3.8) is 0 Å². The van der Waals surface area contributed by atoms with Gasteiger partial charge in [-0.2, -0.15) is 0 Å². The van der Waals surface area contributed by atoms with Crippen LogP contribution in [0.3, 0.4) is 0 Å². The van der Waals surface area contributed by atoms with E-state index in [-0.39, 0.29) is 23.4 Å². The lowest BCUT2D eigenvalue weighted by Crippen LogP contribution is -2.47. The second-order valence-corrected chi connectivity index (χ2v) is 11.0. The number of ether oxygens (including phenoxy) is 2. The van der Waals surface area contributed by atoms with Crippen LogP contribution in [0.15, 0.2) is 84.1 Å². The molecule has 4 atom stereocenters. The standard InChI is InChI=1S/C32H40O3/c1-23-19-20-27(31(3,4)26-16-10-7-11-17-26)28(21-23)35-30(33)32(22-25-14-8-6-9-15-25)24(2)13-12-18-29(32)34-5/h6-11,13-18,23,27-28H,12,19-22H2,1-5H3/t23-,27-,28-,32?/m1/s1. The van der Waals surface area contributed by atoms with Crippen molar-refractivity contribution in [3.8, 4) is 0 Å². The molecule has 3 nitrogen and oxygen atoms in total. The van der Waals surface area contributed by atoms with Gasteiger partial charge in [0, 0.05) is 5.92 Å². The van der Waals surface area contributed by atoms with Gasteiger partial charge >= 0.3 is 5.97 Å². The fourth-order valence-corrected chi connectivity index (χ4v) is 6.21. The average Bonchev–Trinajstić information content (AvgIpc) is 2.86. The fraction of sp³-hybridized carbons (Fsp3) is 0.469. The predicted molar refractivity (Wildman–Crippen MR) is 142 cm³/mol. The first-order chi connectivity index (χ1) is 16.8. The van der Waals surface area contributed by atoms with Gasteiger partial charge in [0.2, 0.25) is 0 Å². The van der Waals surface area contributed by atoms with Crippen molar-refractivity contribution in [1.82, 2.24) is 0 Å². The molecule has 2 aliphatic rings. The summed E-state index contributed by atoms with van der Waals surface area (Å²) in [4.78, 5) is 14.3. The van der Waals surface area contributed by atoms with E-state index >= 15 is 0 Å². The third-order valence-corrected chi connectivity index (χ3v) is 8.46. The van der Waals surface area contributed by atoms with E-state index in [0.717, 1.165) is 36.8 Å². The molecule has 0 amide bonds. The minimum atomic E-state index is -0.934. The highest BCUT2D eigenvalue weighted by Crippen LogP contribution is 2.47. The van der Waals surface area contributed by atoms with Crippen molar-refractivity contribution < 1.29 is 14.3 Å². The molecule has 0 aliphatic heterocycles. The van der Waals surface area contributed by atoms with Crippen molar-refractivity contribution in [2.24, 2.45) is 17.3 Å². The van der Waals surface area contributed by atoms with Crippen LogP contribution in [0.2, 0.25) is 0 Å². The van der Waals surface area contributed by atoms with Gasteiger partial charge < -0.3 is 9.47 Å². The van der Waals surface area contributed by atoms with E-state index in [1.165, 1.54) is 5.56 Å². The first-order valence-corrected chi connectivity index (χ1v) is 13.0. The second kappa shape index (κ2) is 10.4. The number of rotatable bonds is 7. The van der Waals surface area contributed by atoms with Crippen LogP contribution in [0.25, 0.3) is 0 Å². The summed E-state index contributed by atoms with van der Waals surface area (Å²) in [7, 11) is 1.67. The number of methoxy groups -OCH3 is 1.